The molecule has 6 nitrogen and oxygen atoms in total. The molecule has 1 N–H and O–H groups in total. The fourth-order valence-corrected chi connectivity index (χ4v) is 4.09. The van der Waals surface area contributed by atoms with E-state index in [2.05, 4.69) is 33.7 Å². The van der Waals surface area contributed by atoms with E-state index in [1.807, 2.05) is 41.8 Å². The molecule has 0 atom stereocenters. The van der Waals surface area contributed by atoms with Crippen LogP contribution in [0.5, 0.6) is 0 Å². The van der Waals surface area contributed by atoms with Gasteiger partial charge in [-0.05, 0) is 27.8 Å². The van der Waals surface area contributed by atoms with Crippen LogP contribution in [0.15, 0.2) is 64.5 Å². The average molecular weight is 390 g/mol. The van der Waals surface area contributed by atoms with E-state index in [1.54, 1.807) is 16.2 Å². The Morgan fingerprint density at radius 3 is 2.86 bits per heavy atom. The highest BCUT2D eigenvalue weighted by Gasteiger charge is 2.35. The van der Waals surface area contributed by atoms with E-state index in [-0.39, 0.29) is 11.9 Å². The first-order valence-corrected chi connectivity index (χ1v) is 10.0. The molecule has 28 heavy (non-hydrogen) atoms. The Morgan fingerprint density at radius 2 is 2.00 bits per heavy atom. The van der Waals surface area contributed by atoms with Crippen LogP contribution in [0.2, 0.25) is 0 Å². The molecule has 3 heterocycles. The van der Waals surface area contributed by atoms with E-state index in [9.17, 15) is 4.79 Å². The molecular formula is C21H18N4O2S. The van der Waals surface area contributed by atoms with Crippen LogP contribution >= 0.6 is 11.3 Å². The van der Waals surface area contributed by atoms with Gasteiger partial charge in [-0.1, -0.05) is 53.7 Å². The van der Waals surface area contributed by atoms with E-state index in [0.717, 1.165) is 10.4 Å². The molecule has 4 aromatic rings. The lowest BCUT2D eigenvalue weighted by molar-refractivity contribution is 0.136. The number of nitrogens with zero attached hydrogens (tertiary/aromatic N) is 3. The van der Waals surface area contributed by atoms with Crippen molar-refractivity contribution in [3.8, 4) is 10.7 Å². The highest BCUT2D eigenvalue weighted by atomic mass is 32.1. The zero-order chi connectivity index (χ0) is 18.9. The summed E-state index contributed by atoms with van der Waals surface area (Å²) >= 11 is 1.58. The first-order valence-electron chi connectivity index (χ1n) is 9.15. The van der Waals surface area contributed by atoms with E-state index in [0.29, 0.717) is 31.3 Å². The van der Waals surface area contributed by atoms with Gasteiger partial charge in [0.1, 0.15) is 0 Å². The van der Waals surface area contributed by atoms with Gasteiger partial charge in [0.2, 0.25) is 11.7 Å². The minimum atomic E-state index is -0.0674. The Bertz CT molecular complexity index is 1110. The van der Waals surface area contributed by atoms with Crippen molar-refractivity contribution < 1.29 is 9.32 Å². The van der Waals surface area contributed by atoms with Gasteiger partial charge in [-0.25, -0.2) is 4.79 Å². The lowest BCUT2D eigenvalue weighted by Gasteiger charge is -2.36. The van der Waals surface area contributed by atoms with E-state index < -0.39 is 0 Å². The Kier molecular flexibility index (Phi) is 4.29. The van der Waals surface area contributed by atoms with E-state index in [4.69, 9.17) is 4.52 Å². The largest absolute Gasteiger partial charge is 0.339 e. The number of urea groups is 1. The van der Waals surface area contributed by atoms with Gasteiger partial charge < -0.3 is 14.7 Å². The predicted molar refractivity (Wildman–Crippen MR) is 108 cm³/mol. The molecule has 0 bridgehead atoms. The van der Waals surface area contributed by atoms with Crippen LogP contribution in [0.25, 0.3) is 21.5 Å². The summed E-state index contributed by atoms with van der Waals surface area (Å²) in [5.41, 5.74) is 1.11. The molecule has 0 saturated carbocycles. The van der Waals surface area contributed by atoms with E-state index in [1.165, 1.54) is 10.8 Å². The van der Waals surface area contributed by atoms with Crippen LogP contribution < -0.4 is 5.32 Å². The highest BCUT2D eigenvalue weighted by molar-refractivity contribution is 7.13. The number of benzene rings is 2. The normalized spacial score (nSPS) is 14.2. The van der Waals surface area contributed by atoms with Crippen LogP contribution in [0.1, 0.15) is 17.4 Å². The Balaban J connectivity index is 1.18. The van der Waals surface area contributed by atoms with Gasteiger partial charge in [-0.15, -0.1) is 11.3 Å². The Morgan fingerprint density at radius 1 is 1.14 bits per heavy atom. The molecule has 1 aliphatic heterocycles. The molecule has 1 fully saturated rings. The van der Waals surface area contributed by atoms with Crippen LogP contribution in [0, 0.1) is 0 Å². The molecule has 5 rings (SSSR count). The highest BCUT2D eigenvalue weighted by Crippen LogP contribution is 2.29. The molecular weight excluding hydrogens is 372 g/mol. The lowest BCUT2D eigenvalue weighted by atomic mass is 10.0. The number of fused-ring (bicyclic) bond motifs is 1. The van der Waals surface area contributed by atoms with Crippen LogP contribution in [-0.4, -0.2) is 34.2 Å². The van der Waals surface area contributed by atoms with Gasteiger partial charge in [0.25, 0.3) is 0 Å². The molecule has 140 valence electrons. The number of rotatable bonds is 4. The van der Waals surface area contributed by atoms with Crippen LogP contribution in [0.3, 0.4) is 0 Å². The molecule has 0 spiro atoms. The third kappa shape index (κ3) is 3.14. The summed E-state index contributed by atoms with van der Waals surface area (Å²) in [6.07, 6.45) is 0. The summed E-state index contributed by atoms with van der Waals surface area (Å²) in [7, 11) is 0. The summed E-state index contributed by atoms with van der Waals surface area (Å²) in [6.45, 7) is 1.69. The third-order valence-electron chi connectivity index (χ3n) is 5.01. The van der Waals surface area contributed by atoms with Crippen molar-refractivity contribution in [2.24, 2.45) is 0 Å². The number of likely N-dealkylation sites (tertiary alicyclic amines) is 1. The summed E-state index contributed by atoms with van der Waals surface area (Å²) in [5.74, 6) is 1.31. The Labute approximate surface area is 165 Å². The summed E-state index contributed by atoms with van der Waals surface area (Å²) < 4.78 is 5.39. The smallest absolute Gasteiger partial charge is 0.317 e. The second-order valence-corrected chi connectivity index (χ2v) is 7.78. The fraction of sp³-hybridized carbons (Fsp3) is 0.190. The molecule has 0 aliphatic carbocycles. The maximum atomic E-state index is 12.5. The van der Waals surface area contributed by atoms with Gasteiger partial charge >= 0.3 is 6.03 Å². The van der Waals surface area contributed by atoms with Crippen molar-refractivity contribution in [3.63, 3.8) is 0 Å². The standard InChI is InChI=1S/C21H18N4O2S/c26-21(22-11-15-7-3-6-14-5-1-2-8-17(14)15)25-12-16(13-25)20-23-19(24-27-20)18-9-4-10-28-18/h1-10,16H,11-13H2,(H,22,26). The average Bonchev–Trinajstić information content (AvgIpc) is 3.37. The van der Waals surface area contributed by atoms with Crippen molar-refractivity contribution in [3.05, 3.63) is 71.4 Å². The summed E-state index contributed by atoms with van der Waals surface area (Å²) in [5, 5.41) is 11.4. The van der Waals surface area contributed by atoms with Crippen LogP contribution in [0.4, 0.5) is 4.79 Å². The Hall–Kier alpha value is -3.19. The quantitative estimate of drug-likeness (QED) is 0.565. The first kappa shape index (κ1) is 16.9. The number of nitrogens with one attached hydrogen (secondary N) is 1. The third-order valence-corrected chi connectivity index (χ3v) is 5.88. The number of carbonyl (C=O) groups excluding carboxylic acids is 1. The minimum absolute atomic E-state index is 0.0674. The zero-order valence-electron chi connectivity index (χ0n) is 15.0. The second kappa shape index (κ2) is 7.09. The predicted octanol–water partition coefficient (Wildman–Crippen LogP) is 4.26. The SMILES string of the molecule is O=C(NCc1cccc2ccccc12)N1CC(c2nc(-c3cccs3)no2)C1. The molecule has 0 unspecified atom stereocenters. The fourth-order valence-electron chi connectivity index (χ4n) is 3.44. The maximum absolute atomic E-state index is 12.5. The number of thiophene rings is 1. The van der Waals surface area contributed by atoms with Crippen molar-refractivity contribution in [2.75, 3.05) is 13.1 Å². The molecule has 2 aromatic heterocycles. The van der Waals surface area contributed by atoms with Gasteiger partial charge in [-0.3, -0.25) is 0 Å². The van der Waals surface area contributed by atoms with Gasteiger partial charge in [0, 0.05) is 19.6 Å². The topological polar surface area (TPSA) is 71.3 Å². The molecule has 0 radical (unpaired) electrons. The summed E-state index contributed by atoms with van der Waals surface area (Å²) in [6, 6.07) is 18.2. The summed E-state index contributed by atoms with van der Waals surface area (Å²) in [4.78, 5) is 19.7. The lowest BCUT2D eigenvalue weighted by Crippen LogP contribution is -2.52. The monoisotopic (exact) mass is 390 g/mol. The number of hydrogen-bond donors (Lipinski definition) is 1. The molecule has 1 aliphatic rings. The number of carbonyl (C=O) groups is 1. The van der Waals surface area contributed by atoms with Gasteiger partial charge in [-0.2, -0.15) is 4.98 Å². The van der Waals surface area contributed by atoms with Crippen LogP contribution in [-0.2, 0) is 6.54 Å². The van der Waals surface area contributed by atoms with Crippen molar-refractivity contribution in [1.82, 2.24) is 20.4 Å². The van der Waals surface area contributed by atoms with Crippen molar-refractivity contribution in [2.45, 2.75) is 12.5 Å². The molecule has 7 heteroatoms. The first-order chi connectivity index (χ1) is 13.8. The number of amides is 2. The second-order valence-electron chi connectivity index (χ2n) is 6.83. The molecule has 2 aromatic carbocycles. The van der Waals surface area contributed by atoms with Crippen molar-refractivity contribution in [1.29, 1.82) is 0 Å². The number of hydrogen-bond acceptors (Lipinski definition) is 5. The molecule has 1 saturated heterocycles. The van der Waals surface area contributed by atoms with Gasteiger partial charge in [0.15, 0.2) is 0 Å². The number of aromatic nitrogens is 2. The molecule has 2 amide bonds. The van der Waals surface area contributed by atoms with Crippen molar-refractivity contribution >= 4 is 28.1 Å². The maximum Gasteiger partial charge on any atom is 0.317 e. The minimum Gasteiger partial charge on any atom is -0.339 e. The zero-order valence-corrected chi connectivity index (χ0v) is 15.9. The van der Waals surface area contributed by atoms with E-state index >= 15 is 0 Å². The van der Waals surface area contributed by atoms with Gasteiger partial charge in [0.05, 0.1) is 10.8 Å².